The molecule has 0 spiro atoms. The topological polar surface area (TPSA) is 53.4 Å². The van der Waals surface area contributed by atoms with Gasteiger partial charge < -0.3 is 10.0 Å². The summed E-state index contributed by atoms with van der Waals surface area (Å²) in [6, 6.07) is 11.7. The largest absolute Gasteiger partial charge is 0.392 e. The van der Waals surface area contributed by atoms with Crippen molar-refractivity contribution in [1.29, 1.82) is 0 Å². The van der Waals surface area contributed by atoms with Crippen LogP contribution < -0.4 is 0 Å². The van der Waals surface area contributed by atoms with Crippen LogP contribution in [0.3, 0.4) is 0 Å². The molecule has 1 saturated carbocycles. The van der Waals surface area contributed by atoms with Crippen molar-refractivity contribution in [3.8, 4) is 11.3 Å². The highest BCUT2D eigenvalue weighted by Gasteiger charge is 2.40. The molecule has 1 aliphatic carbocycles. The van der Waals surface area contributed by atoms with Gasteiger partial charge in [-0.05, 0) is 48.9 Å². The van der Waals surface area contributed by atoms with E-state index in [1.807, 2.05) is 41.3 Å². The number of aliphatic hydroxyl groups is 1. The molecule has 4 heteroatoms. The Morgan fingerprint density at radius 3 is 2.91 bits per heavy atom. The van der Waals surface area contributed by atoms with Crippen LogP contribution in [-0.2, 0) is 6.61 Å². The molecular formula is C19H20N2O2. The Balaban J connectivity index is 1.71. The van der Waals surface area contributed by atoms with E-state index in [4.69, 9.17) is 0 Å². The van der Waals surface area contributed by atoms with Crippen molar-refractivity contribution in [1.82, 2.24) is 9.88 Å². The fraction of sp³-hybridized carbons (Fsp3) is 0.368. The van der Waals surface area contributed by atoms with E-state index in [0.717, 1.165) is 30.5 Å². The second-order valence-corrected chi connectivity index (χ2v) is 6.55. The van der Waals surface area contributed by atoms with E-state index in [-0.39, 0.29) is 12.5 Å². The number of nitrogens with zero attached hydrogens (tertiary/aromatic N) is 2. The lowest BCUT2D eigenvalue weighted by molar-refractivity contribution is 0.0704. The van der Waals surface area contributed by atoms with Crippen LogP contribution in [0, 0.1) is 5.92 Å². The Labute approximate surface area is 135 Å². The van der Waals surface area contributed by atoms with Gasteiger partial charge in [0.1, 0.15) is 0 Å². The average Bonchev–Trinajstić information content (AvgIpc) is 3.24. The Hall–Kier alpha value is -2.20. The number of carbonyl (C=O) groups excluding carboxylic acids is 1. The summed E-state index contributed by atoms with van der Waals surface area (Å²) in [6.07, 6.45) is 5.26. The van der Waals surface area contributed by atoms with Crippen LogP contribution in [0.5, 0.6) is 0 Å². The molecule has 0 radical (unpaired) electrons. The van der Waals surface area contributed by atoms with E-state index in [1.54, 1.807) is 6.20 Å². The van der Waals surface area contributed by atoms with Crippen LogP contribution in [0.2, 0.25) is 0 Å². The molecule has 2 aromatic rings. The van der Waals surface area contributed by atoms with Crippen LogP contribution in [0.1, 0.15) is 35.2 Å². The van der Waals surface area contributed by atoms with Crippen LogP contribution in [0.4, 0.5) is 0 Å². The number of hydrogen-bond acceptors (Lipinski definition) is 3. The van der Waals surface area contributed by atoms with E-state index < -0.39 is 0 Å². The first-order valence-electron chi connectivity index (χ1n) is 8.22. The van der Waals surface area contributed by atoms with Crippen molar-refractivity contribution < 1.29 is 9.90 Å². The van der Waals surface area contributed by atoms with Gasteiger partial charge in [-0.1, -0.05) is 18.2 Å². The van der Waals surface area contributed by atoms with Gasteiger partial charge in [0.05, 0.1) is 17.9 Å². The standard InChI is InChI=1S/C19H20N2O2/c22-12-14-3-1-4-15(9-14)18-17(5-2-8-20-18)19(23)21-11-13-6-7-16(21)10-13/h1-5,8-9,13,16,22H,6-7,10-12H2/t13-,16+/m0/s1. The third-order valence-corrected chi connectivity index (χ3v) is 5.09. The first-order chi connectivity index (χ1) is 11.3. The summed E-state index contributed by atoms with van der Waals surface area (Å²) < 4.78 is 0. The number of piperidine rings is 1. The van der Waals surface area contributed by atoms with Crippen LogP contribution in [-0.4, -0.2) is 33.5 Å². The first-order valence-corrected chi connectivity index (χ1v) is 8.22. The fourth-order valence-electron chi connectivity index (χ4n) is 3.95. The predicted molar refractivity (Wildman–Crippen MR) is 87.8 cm³/mol. The number of fused-ring (bicyclic) bond motifs is 2. The molecule has 118 valence electrons. The van der Waals surface area contributed by atoms with Gasteiger partial charge in [-0.3, -0.25) is 9.78 Å². The molecule has 2 bridgehead atoms. The number of rotatable bonds is 3. The van der Waals surface area contributed by atoms with Gasteiger partial charge in [0.2, 0.25) is 0 Å². The molecule has 0 unspecified atom stereocenters. The average molecular weight is 308 g/mol. The lowest BCUT2D eigenvalue weighted by Gasteiger charge is -2.27. The zero-order valence-electron chi connectivity index (χ0n) is 13.0. The molecule has 4 nitrogen and oxygen atoms in total. The molecule has 4 rings (SSSR count). The normalized spacial score (nSPS) is 22.6. The summed E-state index contributed by atoms with van der Waals surface area (Å²) in [7, 11) is 0. The molecule has 1 aliphatic heterocycles. The molecule has 1 N–H and O–H groups in total. The Morgan fingerprint density at radius 2 is 2.17 bits per heavy atom. The van der Waals surface area contributed by atoms with E-state index in [0.29, 0.717) is 23.2 Å². The van der Waals surface area contributed by atoms with E-state index >= 15 is 0 Å². The molecular weight excluding hydrogens is 288 g/mol. The fourth-order valence-corrected chi connectivity index (χ4v) is 3.95. The van der Waals surface area contributed by atoms with E-state index in [2.05, 4.69) is 4.98 Å². The smallest absolute Gasteiger partial charge is 0.256 e. The lowest BCUT2D eigenvalue weighted by atomic mass is 10.0. The molecule has 1 aromatic heterocycles. The summed E-state index contributed by atoms with van der Waals surface area (Å²) in [4.78, 5) is 19.5. The maximum absolute atomic E-state index is 13.0. The monoisotopic (exact) mass is 308 g/mol. The van der Waals surface area contributed by atoms with Gasteiger partial charge in [0, 0.05) is 24.3 Å². The van der Waals surface area contributed by atoms with Gasteiger partial charge in [0.25, 0.3) is 5.91 Å². The van der Waals surface area contributed by atoms with Gasteiger partial charge in [0.15, 0.2) is 0 Å². The molecule has 2 atom stereocenters. The summed E-state index contributed by atoms with van der Waals surface area (Å²) in [5, 5.41) is 9.34. The van der Waals surface area contributed by atoms with E-state index in [9.17, 15) is 9.90 Å². The van der Waals surface area contributed by atoms with Crippen LogP contribution >= 0.6 is 0 Å². The van der Waals surface area contributed by atoms with Crippen molar-refractivity contribution in [2.24, 2.45) is 5.92 Å². The maximum Gasteiger partial charge on any atom is 0.256 e. The number of aliphatic hydroxyl groups excluding tert-OH is 1. The highest BCUT2D eigenvalue weighted by atomic mass is 16.3. The minimum absolute atomic E-state index is 0.0141. The third kappa shape index (κ3) is 2.53. The summed E-state index contributed by atoms with van der Waals surface area (Å²) in [5.41, 5.74) is 3.07. The van der Waals surface area contributed by atoms with Gasteiger partial charge in [-0.2, -0.15) is 0 Å². The minimum Gasteiger partial charge on any atom is -0.392 e. The molecule has 23 heavy (non-hydrogen) atoms. The predicted octanol–water partition coefficient (Wildman–Crippen LogP) is 2.87. The molecule has 2 aliphatic rings. The van der Waals surface area contributed by atoms with Gasteiger partial charge >= 0.3 is 0 Å². The minimum atomic E-state index is -0.0141. The molecule has 2 fully saturated rings. The molecule has 1 aromatic carbocycles. The Bertz CT molecular complexity index is 744. The number of likely N-dealkylation sites (tertiary alicyclic amines) is 1. The van der Waals surface area contributed by atoms with Crippen molar-refractivity contribution in [3.63, 3.8) is 0 Å². The number of benzene rings is 1. The lowest BCUT2D eigenvalue weighted by Crippen LogP contribution is -2.37. The summed E-state index contributed by atoms with van der Waals surface area (Å²) in [5.74, 6) is 0.775. The Morgan fingerprint density at radius 1 is 1.26 bits per heavy atom. The zero-order chi connectivity index (χ0) is 15.8. The Kier molecular flexibility index (Phi) is 3.62. The second kappa shape index (κ2) is 5.78. The van der Waals surface area contributed by atoms with Crippen molar-refractivity contribution in [2.75, 3.05) is 6.54 Å². The number of amides is 1. The molecule has 1 saturated heterocycles. The highest BCUT2D eigenvalue weighted by Crippen LogP contribution is 2.38. The second-order valence-electron chi connectivity index (χ2n) is 6.55. The molecule has 1 amide bonds. The number of hydrogen-bond donors (Lipinski definition) is 1. The molecule has 2 heterocycles. The highest BCUT2D eigenvalue weighted by molar-refractivity contribution is 6.00. The van der Waals surface area contributed by atoms with Gasteiger partial charge in [-0.15, -0.1) is 0 Å². The SMILES string of the molecule is O=C(c1cccnc1-c1cccc(CO)c1)N1C[C@H]2CC[C@@H]1C2. The van der Waals surface area contributed by atoms with E-state index in [1.165, 1.54) is 6.42 Å². The van der Waals surface area contributed by atoms with Crippen molar-refractivity contribution in [2.45, 2.75) is 31.9 Å². The number of aromatic nitrogens is 1. The van der Waals surface area contributed by atoms with Crippen molar-refractivity contribution in [3.05, 3.63) is 53.7 Å². The summed E-state index contributed by atoms with van der Waals surface area (Å²) in [6.45, 7) is 0.869. The van der Waals surface area contributed by atoms with Crippen LogP contribution in [0.15, 0.2) is 42.6 Å². The third-order valence-electron chi connectivity index (χ3n) is 5.09. The first kappa shape index (κ1) is 14.4. The zero-order valence-corrected chi connectivity index (χ0v) is 13.0. The number of pyridine rings is 1. The summed E-state index contributed by atoms with van der Waals surface area (Å²) >= 11 is 0. The van der Waals surface area contributed by atoms with Gasteiger partial charge in [-0.25, -0.2) is 0 Å². The van der Waals surface area contributed by atoms with Crippen LogP contribution in [0.25, 0.3) is 11.3 Å². The van der Waals surface area contributed by atoms with Crippen molar-refractivity contribution >= 4 is 5.91 Å². The number of carbonyl (C=O) groups is 1. The maximum atomic E-state index is 13.0. The quantitative estimate of drug-likeness (QED) is 0.948.